The number of hydrogen-bond acceptors (Lipinski definition) is 7. The van der Waals surface area contributed by atoms with Crippen LogP contribution in [0.3, 0.4) is 0 Å². The molecule has 3 aliphatic rings. The molecule has 1 fully saturated rings. The molecule has 1 N–H and O–H groups in total. The van der Waals surface area contributed by atoms with Gasteiger partial charge in [-0.2, -0.15) is 9.78 Å². The molecule has 4 heterocycles. The van der Waals surface area contributed by atoms with Crippen molar-refractivity contribution in [1.29, 1.82) is 0 Å². The van der Waals surface area contributed by atoms with E-state index < -0.39 is 5.97 Å². The van der Waals surface area contributed by atoms with Gasteiger partial charge in [-0.25, -0.2) is 14.2 Å². The minimum absolute atomic E-state index is 0.0473. The Morgan fingerprint density at radius 2 is 2.15 bits per heavy atom. The van der Waals surface area contributed by atoms with Gasteiger partial charge in [0.15, 0.2) is 5.82 Å². The number of pyridine rings is 1. The average Bonchev–Trinajstić information content (AvgIpc) is 3.67. The number of aromatic carboxylic acids is 1. The molecule has 9 nitrogen and oxygen atoms in total. The second kappa shape index (κ2) is 11.5. The first-order chi connectivity index (χ1) is 19.9. The van der Waals surface area contributed by atoms with Crippen molar-refractivity contribution in [3.63, 3.8) is 0 Å². The lowest BCUT2D eigenvalue weighted by Gasteiger charge is -2.33. The molecule has 2 aromatic heterocycles. The SMILES string of the molecule is COc1c(C(=O)O)cnn1-c1cccc(C2=CCCC(C)=C2OCc2cc(F)c3c(c2)CCN([C@H]2CCOC2)C3)n1. The lowest BCUT2D eigenvalue weighted by atomic mass is 9.95. The number of halogens is 1. The van der Waals surface area contributed by atoms with Gasteiger partial charge in [-0.05, 0) is 67.5 Å². The number of ether oxygens (including phenoxy) is 3. The van der Waals surface area contributed by atoms with Crippen LogP contribution in [0.5, 0.6) is 5.88 Å². The van der Waals surface area contributed by atoms with Gasteiger partial charge in [0.25, 0.3) is 0 Å². The molecule has 2 aliphatic heterocycles. The van der Waals surface area contributed by atoms with Crippen LogP contribution in [-0.4, -0.2) is 63.7 Å². The van der Waals surface area contributed by atoms with Gasteiger partial charge in [0.1, 0.15) is 23.7 Å². The van der Waals surface area contributed by atoms with Gasteiger partial charge < -0.3 is 19.3 Å². The van der Waals surface area contributed by atoms with E-state index in [1.165, 1.54) is 18.0 Å². The number of benzene rings is 1. The molecule has 1 atom stereocenters. The first kappa shape index (κ1) is 27.2. The van der Waals surface area contributed by atoms with E-state index in [0.29, 0.717) is 24.1 Å². The maximum absolute atomic E-state index is 15.3. The number of rotatable bonds is 8. The van der Waals surface area contributed by atoms with Crippen molar-refractivity contribution in [2.45, 2.75) is 51.8 Å². The van der Waals surface area contributed by atoms with Crippen LogP contribution < -0.4 is 4.74 Å². The molecule has 0 radical (unpaired) electrons. The van der Waals surface area contributed by atoms with Crippen LogP contribution in [0, 0.1) is 5.82 Å². The zero-order valence-corrected chi connectivity index (χ0v) is 23.2. The number of carboxylic acids is 1. The van der Waals surface area contributed by atoms with Crippen LogP contribution in [0.4, 0.5) is 4.39 Å². The van der Waals surface area contributed by atoms with Crippen molar-refractivity contribution in [2.24, 2.45) is 0 Å². The normalized spacial score (nSPS) is 19.2. The highest BCUT2D eigenvalue weighted by Gasteiger charge is 2.29. The third-order valence-corrected chi connectivity index (χ3v) is 8.06. The van der Waals surface area contributed by atoms with Crippen molar-refractivity contribution in [1.82, 2.24) is 19.7 Å². The Bertz CT molecular complexity index is 1540. The quantitative estimate of drug-likeness (QED) is 0.414. The van der Waals surface area contributed by atoms with Crippen LogP contribution in [-0.2, 0) is 29.0 Å². The van der Waals surface area contributed by atoms with Crippen molar-refractivity contribution in [2.75, 3.05) is 26.9 Å². The van der Waals surface area contributed by atoms with Gasteiger partial charge in [-0.3, -0.25) is 4.90 Å². The minimum Gasteiger partial charge on any atom is -0.488 e. The molecular weight excluding hydrogens is 527 g/mol. The van der Waals surface area contributed by atoms with Gasteiger partial charge >= 0.3 is 5.97 Å². The Hall–Kier alpha value is -4.02. The van der Waals surface area contributed by atoms with Crippen LogP contribution in [0.25, 0.3) is 11.4 Å². The van der Waals surface area contributed by atoms with Crippen molar-refractivity contribution in [3.8, 4) is 11.7 Å². The third-order valence-electron chi connectivity index (χ3n) is 8.06. The van der Waals surface area contributed by atoms with E-state index in [-0.39, 0.29) is 23.9 Å². The topological polar surface area (TPSA) is 98.9 Å². The summed E-state index contributed by atoms with van der Waals surface area (Å²) in [6, 6.07) is 9.50. The first-order valence-electron chi connectivity index (χ1n) is 13.9. The molecule has 0 unspecified atom stereocenters. The van der Waals surface area contributed by atoms with E-state index in [9.17, 15) is 9.90 Å². The highest BCUT2D eigenvalue weighted by molar-refractivity contribution is 5.90. The van der Waals surface area contributed by atoms with E-state index in [2.05, 4.69) is 22.1 Å². The molecule has 214 valence electrons. The molecule has 3 aromatic rings. The maximum atomic E-state index is 15.3. The molecule has 0 saturated carbocycles. The summed E-state index contributed by atoms with van der Waals surface area (Å²) in [6.07, 6.45) is 6.83. The van der Waals surface area contributed by atoms with E-state index in [1.807, 2.05) is 19.1 Å². The fraction of sp³-hybridized carbons (Fsp3) is 0.387. The van der Waals surface area contributed by atoms with E-state index in [4.69, 9.17) is 19.2 Å². The fourth-order valence-electron chi connectivity index (χ4n) is 5.89. The van der Waals surface area contributed by atoms with E-state index in [1.54, 1.807) is 12.1 Å². The molecule has 1 aromatic carbocycles. The number of hydrogen-bond donors (Lipinski definition) is 1. The lowest BCUT2D eigenvalue weighted by Crippen LogP contribution is -2.40. The second-order valence-electron chi connectivity index (χ2n) is 10.7. The van der Waals surface area contributed by atoms with Gasteiger partial charge in [0.05, 0.1) is 25.6 Å². The molecule has 0 spiro atoms. The summed E-state index contributed by atoms with van der Waals surface area (Å²) in [5, 5.41) is 13.6. The zero-order chi connectivity index (χ0) is 28.5. The largest absolute Gasteiger partial charge is 0.488 e. The van der Waals surface area contributed by atoms with Crippen LogP contribution >= 0.6 is 0 Å². The fourth-order valence-corrected chi connectivity index (χ4v) is 5.89. The predicted molar refractivity (Wildman–Crippen MR) is 149 cm³/mol. The minimum atomic E-state index is -1.13. The smallest absolute Gasteiger partial charge is 0.342 e. The van der Waals surface area contributed by atoms with Crippen molar-refractivity contribution < 1.29 is 28.5 Å². The Balaban J connectivity index is 1.22. The standard InChI is InChI=1S/C31H33FN4O5/c1-19-5-3-6-23(27-7-4-8-28(34-27)36-30(39-2)24(15-33-36)31(37)38)29(19)41-17-20-13-21-9-11-35(22-10-12-40-18-22)16-25(21)26(32)14-20/h4,6-8,13-15,22H,3,5,9-12,16-18H2,1-2H3,(H,37,38)/t22-/m0/s1. The Morgan fingerprint density at radius 3 is 2.93 bits per heavy atom. The highest BCUT2D eigenvalue weighted by atomic mass is 19.1. The van der Waals surface area contributed by atoms with Gasteiger partial charge in [0.2, 0.25) is 5.88 Å². The summed E-state index contributed by atoms with van der Waals surface area (Å²) in [4.78, 5) is 18.7. The molecule has 1 aliphatic carbocycles. The van der Waals surface area contributed by atoms with Crippen LogP contribution in [0.15, 0.2) is 53.9 Å². The monoisotopic (exact) mass is 560 g/mol. The van der Waals surface area contributed by atoms with Crippen LogP contribution in [0.2, 0.25) is 0 Å². The van der Waals surface area contributed by atoms with Crippen molar-refractivity contribution in [3.05, 3.63) is 87.7 Å². The van der Waals surface area contributed by atoms with Crippen molar-refractivity contribution >= 4 is 11.5 Å². The zero-order valence-electron chi connectivity index (χ0n) is 23.2. The summed E-state index contributed by atoms with van der Waals surface area (Å²) in [5.41, 5.74) is 5.18. The molecule has 6 rings (SSSR count). The Labute approximate surface area is 237 Å². The summed E-state index contributed by atoms with van der Waals surface area (Å²) < 4.78 is 33.9. The summed E-state index contributed by atoms with van der Waals surface area (Å²) in [7, 11) is 1.40. The second-order valence-corrected chi connectivity index (χ2v) is 10.7. The number of nitrogens with zero attached hydrogens (tertiary/aromatic N) is 4. The summed E-state index contributed by atoms with van der Waals surface area (Å²) in [6.45, 7) is 5.30. The number of aromatic nitrogens is 3. The first-order valence-corrected chi connectivity index (χ1v) is 13.9. The maximum Gasteiger partial charge on any atom is 0.342 e. The van der Waals surface area contributed by atoms with E-state index >= 15 is 4.39 Å². The predicted octanol–water partition coefficient (Wildman–Crippen LogP) is 4.93. The lowest BCUT2D eigenvalue weighted by molar-refractivity contribution is 0.0693. The number of carboxylic acid groups (broad SMARTS) is 1. The third kappa shape index (κ3) is 5.37. The number of allylic oxidation sites excluding steroid dienone is 3. The molecule has 0 bridgehead atoms. The molecule has 1 saturated heterocycles. The molecule has 10 heteroatoms. The van der Waals surface area contributed by atoms with Gasteiger partial charge in [0, 0.05) is 36.9 Å². The average molecular weight is 561 g/mol. The highest BCUT2D eigenvalue weighted by Crippen LogP contribution is 2.34. The number of carbonyl (C=O) groups is 1. The number of methoxy groups -OCH3 is 1. The van der Waals surface area contributed by atoms with Crippen LogP contribution in [0.1, 0.15) is 58.9 Å². The summed E-state index contributed by atoms with van der Waals surface area (Å²) in [5.74, 6) is -0.0709. The Kier molecular flexibility index (Phi) is 7.59. The Morgan fingerprint density at radius 1 is 1.27 bits per heavy atom. The molecule has 0 amide bonds. The van der Waals surface area contributed by atoms with Gasteiger partial charge in [-0.15, -0.1) is 0 Å². The molecular formula is C31H33FN4O5. The van der Waals surface area contributed by atoms with Gasteiger partial charge in [-0.1, -0.05) is 18.2 Å². The molecule has 41 heavy (non-hydrogen) atoms. The number of fused-ring (bicyclic) bond motifs is 1. The summed E-state index contributed by atoms with van der Waals surface area (Å²) >= 11 is 0. The van der Waals surface area contributed by atoms with E-state index in [0.717, 1.165) is 79.0 Å².